The van der Waals surface area contributed by atoms with E-state index >= 15 is 0 Å². The lowest BCUT2D eigenvalue weighted by molar-refractivity contribution is 0.0940. The molecule has 60 valence electrons. The Morgan fingerprint density at radius 1 is 1.91 bits per heavy atom. The zero-order valence-corrected chi connectivity index (χ0v) is 7.42. The first-order valence-corrected chi connectivity index (χ1v) is 3.64. The van der Waals surface area contributed by atoms with Gasteiger partial charge in [-0.15, -0.1) is 0 Å². The summed E-state index contributed by atoms with van der Waals surface area (Å²) < 4.78 is 2.19. The zero-order valence-electron chi connectivity index (χ0n) is 5.84. The molecule has 0 saturated carbocycles. The Morgan fingerprint density at radius 2 is 2.55 bits per heavy atom. The van der Waals surface area contributed by atoms with Crippen LogP contribution in [0.3, 0.4) is 0 Å². The number of hydrogen-bond donors (Lipinski definition) is 2. The van der Waals surface area contributed by atoms with Crippen molar-refractivity contribution in [1.29, 1.82) is 0 Å². The van der Waals surface area contributed by atoms with Crippen LogP contribution in [0, 0.1) is 0 Å². The SMILES string of the molecule is Cn1cc(Br)nc1C(=O)NN. The summed E-state index contributed by atoms with van der Waals surface area (Å²) in [5, 5.41) is 0. The molecular formula is C5H7BrN4O. The molecule has 0 aliphatic heterocycles. The molecule has 1 aromatic rings. The van der Waals surface area contributed by atoms with Crippen molar-refractivity contribution in [1.82, 2.24) is 15.0 Å². The van der Waals surface area contributed by atoms with Gasteiger partial charge in [-0.1, -0.05) is 0 Å². The molecule has 6 heteroatoms. The van der Waals surface area contributed by atoms with Crippen LogP contribution in [0.1, 0.15) is 10.6 Å². The maximum atomic E-state index is 10.9. The number of aromatic nitrogens is 2. The van der Waals surface area contributed by atoms with E-state index in [9.17, 15) is 4.79 Å². The fraction of sp³-hybridized carbons (Fsp3) is 0.200. The molecule has 1 aromatic heterocycles. The lowest BCUT2D eigenvalue weighted by Crippen LogP contribution is -2.32. The lowest BCUT2D eigenvalue weighted by atomic mass is 10.6. The van der Waals surface area contributed by atoms with Gasteiger partial charge < -0.3 is 4.57 Å². The van der Waals surface area contributed by atoms with Crippen LogP contribution < -0.4 is 11.3 Å². The van der Waals surface area contributed by atoms with E-state index in [4.69, 9.17) is 5.84 Å². The predicted octanol–water partition coefficient (Wildman–Crippen LogP) is -0.214. The number of nitrogen functional groups attached to an aromatic ring is 1. The Morgan fingerprint density at radius 3 is 2.91 bits per heavy atom. The van der Waals surface area contributed by atoms with Crippen LogP contribution in [0.25, 0.3) is 0 Å². The van der Waals surface area contributed by atoms with Gasteiger partial charge in [0.25, 0.3) is 0 Å². The smallest absolute Gasteiger partial charge is 0.301 e. The molecule has 0 atom stereocenters. The maximum absolute atomic E-state index is 10.9. The average molecular weight is 219 g/mol. The molecule has 0 unspecified atom stereocenters. The summed E-state index contributed by atoms with van der Waals surface area (Å²) in [6, 6.07) is 0. The molecular weight excluding hydrogens is 212 g/mol. The highest BCUT2D eigenvalue weighted by atomic mass is 79.9. The predicted molar refractivity (Wildman–Crippen MR) is 42.6 cm³/mol. The van der Waals surface area contributed by atoms with Gasteiger partial charge in [0.05, 0.1) is 0 Å². The monoisotopic (exact) mass is 218 g/mol. The summed E-state index contributed by atoms with van der Waals surface area (Å²) in [6.45, 7) is 0. The van der Waals surface area contributed by atoms with Crippen molar-refractivity contribution in [2.75, 3.05) is 0 Å². The van der Waals surface area contributed by atoms with Gasteiger partial charge in [0.1, 0.15) is 4.60 Å². The van der Waals surface area contributed by atoms with Crippen molar-refractivity contribution >= 4 is 21.8 Å². The van der Waals surface area contributed by atoms with E-state index in [0.29, 0.717) is 4.60 Å². The molecule has 0 aliphatic carbocycles. The van der Waals surface area contributed by atoms with Crippen LogP contribution in [0.5, 0.6) is 0 Å². The van der Waals surface area contributed by atoms with Crippen molar-refractivity contribution in [3.05, 3.63) is 16.6 Å². The van der Waals surface area contributed by atoms with Crippen LogP contribution >= 0.6 is 15.9 Å². The molecule has 1 rings (SSSR count). The van der Waals surface area contributed by atoms with Gasteiger partial charge in [0.2, 0.25) is 5.82 Å². The normalized spacial score (nSPS) is 9.73. The third-order valence-corrected chi connectivity index (χ3v) is 1.56. The minimum Gasteiger partial charge on any atom is -0.329 e. The second-order valence-corrected chi connectivity index (χ2v) is 2.78. The first-order chi connectivity index (χ1) is 5.15. The van der Waals surface area contributed by atoms with Crippen molar-refractivity contribution in [3.63, 3.8) is 0 Å². The molecule has 5 nitrogen and oxygen atoms in total. The Bertz CT molecular complexity index is 282. The minimum absolute atomic E-state index is 0.277. The second-order valence-electron chi connectivity index (χ2n) is 1.97. The Hall–Kier alpha value is -0.880. The number of hydrazine groups is 1. The van der Waals surface area contributed by atoms with E-state index in [1.807, 2.05) is 5.43 Å². The number of nitrogens with one attached hydrogen (secondary N) is 1. The molecule has 0 spiro atoms. The molecule has 0 saturated heterocycles. The summed E-state index contributed by atoms with van der Waals surface area (Å²) in [5.74, 6) is 4.79. The van der Waals surface area contributed by atoms with Gasteiger partial charge >= 0.3 is 5.91 Å². The lowest BCUT2D eigenvalue weighted by Gasteiger charge is -1.96. The van der Waals surface area contributed by atoms with E-state index in [1.165, 1.54) is 0 Å². The molecule has 0 bridgehead atoms. The molecule has 0 fully saturated rings. The number of imidazole rings is 1. The summed E-state index contributed by atoms with van der Waals surface area (Å²) in [6.07, 6.45) is 1.67. The van der Waals surface area contributed by atoms with Gasteiger partial charge in [0.15, 0.2) is 0 Å². The van der Waals surface area contributed by atoms with Gasteiger partial charge in [0, 0.05) is 13.2 Å². The number of amides is 1. The quantitative estimate of drug-likeness (QED) is 0.389. The molecule has 1 amide bonds. The molecule has 0 aromatic carbocycles. The van der Waals surface area contributed by atoms with Crippen LogP contribution in [-0.4, -0.2) is 15.5 Å². The van der Waals surface area contributed by atoms with Crippen LogP contribution in [0.2, 0.25) is 0 Å². The maximum Gasteiger partial charge on any atom is 0.301 e. The Labute approximate surface area is 71.7 Å². The highest BCUT2D eigenvalue weighted by Gasteiger charge is 2.10. The number of nitrogens with two attached hydrogens (primary N) is 1. The number of halogens is 1. The zero-order chi connectivity index (χ0) is 8.43. The first kappa shape index (κ1) is 8.22. The van der Waals surface area contributed by atoms with Gasteiger partial charge in [-0.3, -0.25) is 10.2 Å². The molecule has 1 heterocycles. The standard InChI is InChI=1S/C5H7BrN4O/c1-10-2-3(6)8-4(10)5(11)9-7/h2H,7H2,1H3,(H,9,11). The third kappa shape index (κ3) is 1.58. The highest BCUT2D eigenvalue weighted by Crippen LogP contribution is 2.07. The topological polar surface area (TPSA) is 72.9 Å². The minimum atomic E-state index is -0.404. The molecule has 0 radical (unpaired) electrons. The van der Waals surface area contributed by atoms with E-state index in [1.54, 1.807) is 17.8 Å². The van der Waals surface area contributed by atoms with Crippen LogP contribution in [0.4, 0.5) is 0 Å². The number of hydrogen-bond acceptors (Lipinski definition) is 3. The molecule has 11 heavy (non-hydrogen) atoms. The van der Waals surface area contributed by atoms with E-state index < -0.39 is 5.91 Å². The molecule has 3 N–H and O–H groups in total. The summed E-state index contributed by atoms with van der Waals surface area (Å²) >= 11 is 3.13. The number of carbonyl (C=O) groups excluding carboxylic acids is 1. The van der Waals surface area contributed by atoms with E-state index in [0.717, 1.165) is 0 Å². The van der Waals surface area contributed by atoms with Gasteiger partial charge in [-0.25, -0.2) is 10.8 Å². The summed E-state index contributed by atoms with van der Waals surface area (Å²) in [5.41, 5.74) is 1.99. The van der Waals surface area contributed by atoms with Crippen LogP contribution in [-0.2, 0) is 7.05 Å². The second kappa shape index (κ2) is 3.02. The number of rotatable bonds is 1. The van der Waals surface area contributed by atoms with Crippen molar-refractivity contribution in [2.45, 2.75) is 0 Å². The number of nitrogens with zero attached hydrogens (tertiary/aromatic N) is 2. The van der Waals surface area contributed by atoms with Gasteiger partial charge in [-0.05, 0) is 15.9 Å². The number of carbonyl (C=O) groups is 1. The summed E-state index contributed by atoms with van der Waals surface area (Å²) in [7, 11) is 1.71. The fourth-order valence-corrected chi connectivity index (χ4v) is 1.18. The van der Waals surface area contributed by atoms with Crippen molar-refractivity contribution in [2.24, 2.45) is 12.9 Å². The summed E-state index contributed by atoms with van der Waals surface area (Å²) in [4.78, 5) is 14.8. The van der Waals surface area contributed by atoms with Gasteiger partial charge in [-0.2, -0.15) is 0 Å². The van der Waals surface area contributed by atoms with Crippen LogP contribution in [0.15, 0.2) is 10.8 Å². The number of aryl methyl sites for hydroxylation is 1. The Balaban J connectivity index is 3.03. The van der Waals surface area contributed by atoms with E-state index in [2.05, 4.69) is 20.9 Å². The molecule has 0 aliphatic rings. The largest absolute Gasteiger partial charge is 0.329 e. The third-order valence-electron chi connectivity index (χ3n) is 1.18. The van der Waals surface area contributed by atoms with Crippen molar-refractivity contribution < 1.29 is 4.79 Å². The first-order valence-electron chi connectivity index (χ1n) is 2.85. The van der Waals surface area contributed by atoms with Crippen molar-refractivity contribution in [3.8, 4) is 0 Å². The van der Waals surface area contributed by atoms with E-state index in [-0.39, 0.29) is 5.82 Å². The average Bonchev–Trinajstić information content (AvgIpc) is 2.28. The Kier molecular flexibility index (Phi) is 2.25. The fourth-order valence-electron chi connectivity index (χ4n) is 0.705. The highest BCUT2D eigenvalue weighted by molar-refractivity contribution is 9.10.